The summed E-state index contributed by atoms with van der Waals surface area (Å²) in [4.78, 5) is 53.4. The number of carbonyl (C=O) groups is 5. The minimum atomic E-state index is -0.866. The molecule has 0 aromatic heterocycles. The summed E-state index contributed by atoms with van der Waals surface area (Å²) in [5, 5.41) is 59.4. The van der Waals surface area contributed by atoms with Crippen molar-refractivity contribution in [2.75, 3.05) is 53.7 Å². The van der Waals surface area contributed by atoms with Crippen LogP contribution in [0, 0.1) is 11.8 Å². The Morgan fingerprint density at radius 2 is 0.645 bits per heavy atom. The van der Waals surface area contributed by atoms with Gasteiger partial charge >= 0.3 is 29.8 Å². The maximum Gasteiger partial charge on any atom is 0.303 e. The third-order valence-corrected chi connectivity index (χ3v) is 22.7. The number of carboxylic acid groups (broad SMARTS) is 5. The lowest BCUT2D eigenvalue weighted by Crippen LogP contribution is -2.17. The van der Waals surface area contributed by atoms with E-state index >= 15 is 0 Å². The summed E-state index contributed by atoms with van der Waals surface area (Å²) in [5.41, 5.74) is 19.9. The molecule has 1 saturated carbocycles. The molecular formula is C94H101Br4Cl6N5O15. The van der Waals surface area contributed by atoms with Crippen LogP contribution in [-0.4, -0.2) is 82.1 Å². The van der Waals surface area contributed by atoms with Gasteiger partial charge in [-0.15, -0.1) is 0 Å². The molecule has 0 bridgehead atoms. The average Bonchev–Trinajstić information content (AvgIpc) is 0.853. The first-order valence-corrected chi connectivity index (χ1v) is 45.5. The number of nitrogens with one attached hydrogen (secondary N) is 4. The minimum Gasteiger partial charge on any atom is -0.487 e. The smallest absolute Gasteiger partial charge is 0.303 e. The highest BCUT2D eigenvalue weighted by Crippen LogP contribution is 2.41. The number of aliphatic carboxylic acids is 5. The van der Waals surface area contributed by atoms with Gasteiger partial charge in [-0.05, 0) is 304 Å². The van der Waals surface area contributed by atoms with Crippen molar-refractivity contribution in [3.63, 3.8) is 0 Å². The second-order valence-electron chi connectivity index (χ2n) is 29.3. The summed E-state index contributed by atoms with van der Waals surface area (Å²) in [7, 11) is 1.85. The zero-order chi connectivity index (χ0) is 90.2. The summed E-state index contributed by atoms with van der Waals surface area (Å²) in [6.45, 7) is 11.1. The van der Waals surface area contributed by atoms with E-state index in [-0.39, 0.29) is 32.1 Å². The molecule has 662 valence electrons. The molecule has 1 fully saturated rings. The van der Waals surface area contributed by atoms with Crippen molar-refractivity contribution >= 4 is 192 Å². The van der Waals surface area contributed by atoms with Crippen molar-refractivity contribution < 1.29 is 73.2 Å². The molecule has 0 atom stereocenters. The standard InChI is InChI=1S/C23H27Br2NO3.C20H23Br2NO3.C18H19Cl2NO3.C17H17Cl2NO3.C16H15Cl2NO3/c24-20-12-17(9-10-22(27)28)13-21(25)23(20)29-15-18-7-4-8-19(11-18)26-14-16-5-2-1-3-6-16;1-13(2)11-23-16-5-3-4-15(8-16)12-26-20-17(21)9-14(10-18(20)22)6-7-19(24)25;1-2-21-14-5-3-4-13(8-14)11-24-18-15(19)9-12(10-16(18)20)6-7-17(22)23;1-20-13-4-2-3-12(7-13)10-23-17-14(18)8-11(9-15(17)19)5-6-16(21)22;17-13-7-10(4-5-15(20)21)8-14(18)16(13)22-9-11-2-1-3-12(19)6-11/h4,7-8,11-13,16,26H,1-3,5-6,9-10,14-15H2,(H,27,28);3-5,8-10,13,23H,6-7,11-12H2,1-2H3,(H,24,25);3-5,8-10,21H,2,6-7,11H2,1H3,(H,22,23);2-4,7-9,20H,5-6,10H2,1H3,(H,21,22);1-3,6-8H,4-5,9,19H2,(H,20,21). The molecule has 0 unspecified atom stereocenters. The number of aryl methyl sites for hydroxylation is 5. The molecule has 10 aromatic carbocycles. The molecule has 0 amide bonds. The lowest BCUT2D eigenvalue weighted by molar-refractivity contribution is -0.138. The van der Waals surface area contributed by atoms with Gasteiger partial charge in [-0.3, -0.25) is 24.0 Å². The Labute approximate surface area is 788 Å². The van der Waals surface area contributed by atoms with Crippen LogP contribution >= 0.6 is 133 Å². The molecule has 11 N–H and O–H groups in total. The van der Waals surface area contributed by atoms with E-state index in [9.17, 15) is 24.0 Å². The van der Waals surface area contributed by atoms with Gasteiger partial charge in [-0.25, -0.2) is 0 Å². The molecule has 124 heavy (non-hydrogen) atoms. The lowest BCUT2D eigenvalue weighted by Gasteiger charge is -2.22. The van der Waals surface area contributed by atoms with Gasteiger partial charge in [-0.1, -0.05) is 163 Å². The summed E-state index contributed by atoms with van der Waals surface area (Å²) in [6.07, 6.45) is 9.16. The van der Waals surface area contributed by atoms with Gasteiger partial charge in [-0.2, -0.15) is 0 Å². The fraction of sp³-hybridized carbons (Fsp3) is 0.309. The summed E-state index contributed by atoms with van der Waals surface area (Å²) < 4.78 is 32.4. The number of hydrogen-bond donors (Lipinski definition) is 10. The molecule has 30 heteroatoms. The second kappa shape index (κ2) is 54.3. The molecule has 0 saturated heterocycles. The van der Waals surface area contributed by atoms with Crippen molar-refractivity contribution in [2.45, 2.75) is 150 Å². The summed E-state index contributed by atoms with van der Waals surface area (Å²) >= 11 is 51.3. The van der Waals surface area contributed by atoms with Gasteiger partial charge < -0.3 is 76.2 Å². The number of nitrogens with two attached hydrogens (primary N) is 1. The van der Waals surface area contributed by atoms with Crippen molar-refractivity contribution in [3.8, 4) is 28.7 Å². The Hall–Kier alpha value is -8.79. The van der Waals surface area contributed by atoms with Crippen LogP contribution in [-0.2, 0) is 89.1 Å². The lowest BCUT2D eigenvalue weighted by atomic mass is 9.89. The Bertz CT molecular complexity index is 5070. The third kappa shape index (κ3) is 37.8. The highest BCUT2D eigenvalue weighted by atomic mass is 79.9. The SMILES string of the molecule is CC(C)CNc1cccc(COc2c(Br)cc(CCC(=O)O)cc2Br)c1.CCNc1cccc(COc2c(Cl)cc(CCC(=O)O)cc2Cl)c1.CNc1cccc(COc2c(Cl)cc(CCC(=O)O)cc2Cl)c1.Nc1cccc(COc2c(Cl)cc(CCC(=O)O)cc2Cl)c1.O=C(O)CCc1cc(Br)c(OCc2cccc(NCC3CCCCC3)c2)c(Br)c1. The van der Waals surface area contributed by atoms with Crippen molar-refractivity contribution in [2.24, 2.45) is 11.8 Å². The topological polar surface area (TPSA) is 307 Å². The van der Waals surface area contributed by atoms with Crippen LogP contribution < -0.4 is 50.7 Å². The van der Waals surface area contributed by atoms with E-state index in [0.717, 1.165) is 128 Å². The van der Waals surface area contributed by atoms with Crippen LogP contribution in [0.4, 0.5) is 28.4 Å². The third-order valence-electron chi connectivity index (χ3n) is 18.7. The number of ether oxygens (including phenoxy) is 5. The van der Waals surface area contributed by atoms with Crippen molar-refractivity contribution in [3.05, 3.63) is 286 Å². The monoisotopic (exact) mass is 2070 g/mol. The summed E-state index contributed by atoms with van der Waals surface area (Å²) in [6, 6.07) is 57.4. The molecule has 0 spiro atoms. The zero-order valence-corrected chi connectivity index (χ0v) is 79.8. The highest BCUT2D eigenvalue weighted by molar-refractivity contribution is 9.11. The van der Waals surface area contributed by atoms with Gasteiger partial charge in [0.25, 0.3) is 0 Å². The Balaban J connectivity index is 0.000000214. The van der Waals surface area contributed by atoms with Crippen LogP contribution in [0.15, 0.2) is 200 Å². The number of halogens is 10. The molecule has 0 heterocycles. The van der Waals surface area contributed by atoms with E-state index in [2.05, 4.69) is 135 Å². The van der Waals surface area contributed by atoms with Crippen molar-refractivity contribution in [1.82, 2.24) is 0 Å². The Morgan fingerprint density at radius 1 is 0.371 bits per heavy atom. The molecule has 1 aliphatic carbocycles. The maximum atomic E-state index is 10.8. The summed E-state index contributed by atoms with van der Waals surface area (Å²) in [5.74, 6) is -0.179. The largest absolute Gasteiger partial charge is 0.487 e. The van der Waals surface area contributed by atoms with E-state index in [1.807, 2.05) is 117 Å². The Kier molecular flexibility index (Phi) is 44.8. The van der Waals surface area contributed by atoms with E-state index in [1.165, 1.54) is 32.1 Å². The van der Waals surface area contributed by atoms with Crippen LogP contribution in [0.2, 0.25) is 30.1 Å². The van der Waals surface area contributed by atoms with Crippen LogP contribution in [0.25, 0.3) is 0 Å². The number of carboxylic acids is 5. The molecule has 0 aliphatic heterocycles. The van der Waals surface area contributed by atoms with Gasteiger partial charge in [0.2, 0.25) is 0 Å². The van der Waals surface area contributed by atoms with Crippen molar-refractivity contribution in [1.29, 1.82) is 0 Å². The fourth-order valence-electron chi connectivity index (χ4n) is 12.5. The van der Waals surface area contributed by atoms with Crippen LogP contribution in [0.1, 0.15) is 141 Å². The number of benzene rings is 10. The fourth-order valence-corrected chi connectivity index (χ4v) is 17.4. The van der Waals surface area contributed by atoms with E-state index in [1.54, 1.807) is 42.5 Å². The minimum absolute atomic E-state index is 0.0240. The van der Waals surface area contributed by atoms with Gasteiger partial charge in [0.1, 0.15) is 44.5 Å². The second-order valence-corrected chi connectivity index (χ2v) is 35.2. The zero-order valence-electron chi connectivity index (χ0n) is 68.9. The Morgan fingerprint density at radius 3 is 0.944 bits per heavy atom. The normalized spacial score (nSPS) is 11.5. The van der Waals surface area contributed by atoms with Crippen LogP contribution in [0.3, 0.4) is 0 Å². The number of rotatable bonds is 39. The van der Waals surface area contributed by atoms with Crippen LogP contribution in [0.5, 0.6) is 28.7 Å². The van der Waals surface area contributed by atoms with E-state index in [0.29, 0.717) is 130 Å². The molecule has 11 rings (SSSR count). The van der Waals surface area contributed by atoms with E-state index in [4.69, 9.17) is 125 Å². The molecule has 1 aliphatic rings. The van der Waals surface area contributed by atoms with Gasteiger partial charge in [0.15, 0.2) is 17.2 Å². The average molecular weight is 2070 g/mol. The molecule has 10 aromatic rings. The maximum absolute atomic E-state index is 10.8. The quantitative estimate of drug-likeness (QED) is 0.0160. The first-order valence-electron chi connectivity index (χ1n) is 40.0. The number of hydrogen-bond acceptors (Lipinski definition) is 15. The molecule has 0 radical (unpaired) electrons. The first kappa shape index (κ1) is 102. The molecule has 20 nitrogen and oxygen atoms in total. The van der Waals surface area contributed by atoms with Gasteiger partial charge in [0.05, 0.1) is 48.0 Å². The number of anilines is 5. The van der Waals surface area contributed by atoms with Gasteiger partial charge in [0, 0.05) is 87.2 Å². The first-order chi connectivity index (χ1) is 59.3. The number of nitrogen functional groups attached to an aromatic ring is 1. The molecular weight excluding hydrogens is 1970 g/mol. The predicted molar refractivity (Wildman–Crippen MR) is 513 cm³/mol. The predicted octanol–water partition coefficient (Wildman–Crippen LogP) is 26.5. The highest BCUT2D eigenvalue weighted by Gasteiger charge is 2.19. The van der Waals surface area contributed by atoms with E-state index < -0.39 is 29.8 Å².